The van der Waals surface area contributed by atoms with Gasteiger partial charge in [-0.1, -0.05) is 0 Å². The first-order chi connectivity index (χ1) is 16.9. The number of hydrogen-bond donors (Lipinski definition) is 1. The van der Waals surface area contributed by atoms with Crippen LogP contribution in [0.25, 0.3) is 5.52 Å². The van der Waals surface area contributed by atoms with Gasteiger partial charge in [0.25, 0.3) is 5.56 Å². The largest absolute Gasteiger partial charge is 0.510 e. The molecule has 2 aromatic rings. The van der Waals surface area contributed by atoms with Crippen LogP contribution < -0.4 is 5.56 Å². The highest BCUT2D eigenvalue weighted by atomic mass is 31.2. The molecule has 2 aromatic heterocycles. The summed E-state index contributed by atoms with van der Waals surface area (Å²) in [5, 5.41) is 4.29. The molecular weight excluding hydrogens is 501 g/mol. The Balaban J connectivity index is 1.99. The maximum Gasteiger partial charge on any atom is 0.510 e. The lowest BCUT2D eigenvalue weighted by atomic mass is 10.2. The van der Waals surface area contributed by atoms with Crippen LogP contribution in [0.4, 0.5) is 9.59 Å². The van der Waals surface area contributed by atoms with Crippen molar-refractivity contribution >= 4 is 25.4 Å². The molecule has 202 valence electrons. The first kappa shape index (κ1) is 29.3. The van der Waals surface area contributed by atoms with Crippen LogP contribution in [0.15, 0.2) is 16.9 Å². The first-order valence-electron chi connectivity index (χ1n) is 11.1. The quantitative estimate of drug-likeness (QED) is 0.226. The van der Waals surface area contributed by atoms with Crippen LogP contribution >= 0.6 is 7.60 Å². The highest BCUT2D eigenvalue weighted by Crippen LogP contribution is 2.48. The number of aryl methyl sites for hydroxylation is 1. The van der Waals surface area contributed by atoms with Gasteiger partial charge in [-0.3, -0.25) is 18.4 Å². The van der Waals surface area contributed by atoms with Crippen LogP contribution in [-0.4, -0.2) is 65.2 Å². The Morgan fingerprint density at radius 1 is 1.00 bits per heavy atom. The van der Waals surface area contributed by atoms with Crippen molar-refractivity contribution in [2.75, 3.05) is 19.9 Å². The van der Waals surface area contributed by atoms with E-state index in [9.17, 15) is 18.9 Å². The molecule has 36 heavy (non-hydrogen) atoms. The Labute approximate surface area is 207 Å². The number of nitrogens with zero attached hydrogens (tertiary/aromatic N) is 2. The zero-order valence-corrected chi connectivity index (χ0v) is 21.9. The van der Waals surface area contributed by atoms with Gasteiger partial charge in [0.1, 0.15) is 17.7 Å². The molecule has 2 heterocycles. The topological polar surface area (TPSA) is 166 Å². The zero-order chi connectivity index (χ0) is 26.9. The number of aromatic amines is 1. The van der Waals surface area contributed by atoms with Crippen LogP contribution in [0.1, 0.15) is 46.1 Å². The Bertz CT molecular complexity index is 1100. The van der Waals surface area contributed by atoms with Crippen molar-refractivity contribution in [3.63, 3.8) is 0 Å². The molecule has 0 radical (unpaired) electrons. The third-order valence-corrected chi connectivity index (χ3v) is 5.70. The molecule has 0 aliphatic heterocycles. The maximum atomic E-state index is 13.1. The molecule has 0 spiro atoms. The third-order valence-electron chi connectivity index (χ3n) is 4.24. The number of H-pyrrole nitrogens is 1. The lowest BCUT2D eigenvalue weighted by Gasteiger charge is -2.21. The Kier molecular flexibility index (Phi) is 10.9. The summed E-state index contributed by atoms with van der Waals surface area (Å²) in [5.41, 5.74) is 0.777. The Morgan fingerprint density at radius 3 is 2.08 bits per heavy atom. The lowest BCUT2D eigenvalue weighted by Crippen LogP contribution is -2.20. The molecule has 0 bridgehead atoms. The summed E-state index contributed by atoms with van der Waals surface area (Å²) in [6.07, 6.45) is -3.69. The summed E-state index contributed by atoms with van der Waals surface area (Å²) in [6.45, 7) is 8.35. The van der Waals surface area contributed by atoms with Crippen molar-refractivity contribution < 1.29 is 46.9 Å². The van der Waals surface area contributed by atoms with E-state index in [1.54, 1.807) is 53.7 Å². The maximum absolute atomic E-state index is 13.1. The van der Waals surface area contributed by atoms with Gasteiger partial charge in [-0.15, -0.1) is 0 Å². The van der Waals surface area contributed by atoms with E-state index in [4.69, 9.17) is 32.7 Å². The fraction of sp³-hybridized carbons (Fsp3) is 0.619. The normalized spacial score (nSPS) is 12.7. The lowest BCUT2D eigenvalue weighted by molar-refractivity contribution is -0.0364. The molecular formula is C21H32N3O11P. The van der Waals surface area contributed by atoms with E-state index < -0.39 is 58.2 Å². The number of carbonyl (C=O) groups excluding carboxylic acids is 2. The minimum Gasteiger partial charge on any atom is -0.432 e. The van der Waals surface area contributed by atoms with E-state index in [1.165, 1.54) is 4.52 Å². The molecule has 15 heteroatoms. The molecule has 0 saturated heterocycles. The predicted octanol–water partition coefficient (Wildman–Crippen LogP) is 3.50. The molecule has 0 saturated carbocycles. The number of rotatable bonds is 13. The van der Waals surface area contributed by atoms with E-state index >= 15 is 0 Å². The summed E-state index contributed by atoms with van der Waals surface area (Å²) in [7, 11) is -4.07. The summed E-state index contributed by atoms with van der Waals surface area (Å²) in [6, 6.07) is 3.36. The van der Waals surface area contributed by atoms with E-state index in [2.05, 4.69) is 10.1 Å². The first-order valence-corrected chi connectivity index (χ1v) is 12.9. The van der Waals surface area contributed by atoms with Gasteiger partial charge in [0, 0.05) is 12.1 Å². The van der Waals surface area contributed by atoms with Gasteiger partial charge < -0.3 is 28.7 Å². The Morgan fingerprint density at radius 2 is 1.56 bits per heavy atom. The SMILES string of the molecule is Cc1nn2c(CC(C)OCP(=O)(OCOC(=O)OC(C)C)OCOC(=O)OC(C)C)ccc2c(=O)[nH]1. The van der Waals surface area contributed by atoms with Crippen LogP contribution in [0, 0.1) is 6.92 Å². The number of carbonyl (C=O) groups is 2. The van der Waals surface area contributed by atoms with Crippen molar-refractivity contribution in [1.29, 1.82) is 0 Å². The number of ether oxygens (including phenoxy) is 5. The van der Waals surface area contributed by atoms with Crippen LogP contribution in [0.3, 0.4) is 0 Å². The van der Waals surface area contributed by atoms with Crippen molar-refractivity contribution in [1.82, 2.24) is 14.6 Å². The summed E-state index contributed by atoms with van der Waals surface area (Å²) in [5.74, 6) is 0.441. The van der Waals surface area contributed by atoms with E-state index in [-0.39, 0.29) is 5.56 Å². The summed E-state index contributed by atoms with van der Waals surface area (Å²) in [4.78, 5) is 37.8. The number of fused-ring (bicyclic) bond motifs is 1. The van der Waals surface area contributed by atoms with Gasteiger partial charge >= 0.3 is 19.9 Å². The van der Waals surface area contributed by atoms with Gasteiger partial charge in [-0.2, -0.15) is 5.10 Å². The fourth-order valence-corrected chi connectivity index (χ4v) is 3.85. The van der Waals surface area contributed by atoms with Crippen molar-refractivity contribution in [3.05, 3.63) is 34.0 Å². The van der Waals surface area contributed by atoms with Crippen molar-refractivity contribution in [3.8, 4) is 0 Å². The van der Waals surface area contributed by atoms with Gasteiger partial charge in [0.15, 0.2) is 0 Å². The molecule has 0 fully saturated rings. The summed E-state index contributed by atoms with van der Waals surface area (Å²) < 4.78 is 49.6. The van der Waals surface area contributed by atoms with E-state index in [1.807, 2.05) is 0 Å². The van der Waals surface area contributed by atoms with Crippen molar-refractivity contribution in [2.24, 2.45) is 0 Å². The van der Waals surface area contributed by atoms with Gasteiger partial charge in [0.2, 0.25) is 13.6 Å². The van der Waals surface area contributed by atoms with Gasteiger partial charge in [-0.25, -0.2) is 14.1 Å². The molecule has 0 aliphatic carbocycles. The molecule has 2 rings (SSSR count). The zero-order valence-electron chi connectivity index (χ0n) is 21.0. The second-order valence-electron chi connectivity index (χ2n) is 8.20. The molecule has 1 unspecified atom stereocenters. The second-order valence-corrected chi connectivity index (χ2v) is 10.2. The van der Waals surface area contributed by atoms with Crippen LogP contribution in [-0.2, 0) is 43.7 Å². The number of hydrogen-bond acceptors (Lipinski definition) is 12. The van der Waals surface area contributed by atoms with Gasteiger partial charge in [-0.05, 0) is 53.7 Å². The van der Waals surface area contributed by atoms with Gasteiger partial charge in [0.05, 0.1) is 18.3 Å². The second kappa shape index (κ2) is 13.4. The number of aromatic nitrogens is 3. The predicted molar refractivity (Wildman–Crippen MR) is 125 cm³/mol. The standard InChI is InChI=1S/C21H32N3O11P/c1-13(2)34-20(26)29-10-32-36(28,33-11-30-21(27)35-14(3)4)12-31-15(5)9-17-7-8-18-19(25)22-16(6)23-24(17)18/h7-8,13-15H,9-12H2,1-6H3,(H,22,23,25). The Hall–Kier alpha value is -2.93. The average molecular weight is 533 g/mol. The van der Waals surface area contributed by atoms with E-state index in [0.29, 0.717) is 23.5 Å². The number of nitrogens with one attached hydrogen (secondary N) is 1. The highest BCUT2D eigenvalue weighted by Gasteiger charge is 2.29. The van der Waals surface area contributed by atoms with Crippen molar-refractivity contribution in [2.45, 2.75) is 66.3 Å². The smallest absolute Gasteiger partial charge is 0.432 e. The highest BCUT2D eigenvalue weighted by molar-refractivity contribution is 7.53. The fourth-order valence-electron chi connectivity index (χ4n) is 2.77. The monoisotopic (exact) mass is 533 g/mol. The average Bonchev–Trinajstić information content (AvgIpc) is 3.14. The van der Waals surface area contributed by atoms with E-state index in [0.717, 1.165) is 0 Å². The third kappa shape index (κ3) is 9.61. The molecule has 14 nitrogen and oxygen atoms in total. The molecule has 0 aromatic carbocycles. The molecule has 0 amide bonds. The minimum atomic E-state index is -4.07. The molecule has 1 N–H and O–H groups in total. The molecule has 1 atom stereocenters. The molecule has 0 aliphatic rings. The van der Waals surface area contributed by atoms with Crippen LogP contribution in [0.5, 0.6) is 0 Å². The minimum absolute atomic E-state index is 0.277. The summed E-state index contributed by atoms with van der Waals surface area (Å²) >= 11 is 0. The van der Waals surface area contributed by atoms with Crippen LogP contribution in [0.2, 0.25) is 0 Å².